The molecule has 0 aliphatic rings. The second kappa shape index (κ2) is 4.49. The van der Waals surface area contributed by atoms with Gasteiger partial charge in [0.05, 0.1) is 5.97 Å². The first-order valence-electron chi connectivity index (χ1n) is 5.36. The van der Waals surface area contributed by atoms with Crippen molar-refractivity contribution in [2.24, 2.45) is 0 Å². The van der Waals surface area contributed by atoms with E-state index in [2.05, 4.69) is 0 Å². The molecule has 0 unspecified atom stereocenters. The van der Waals surface area contributed by atoms with Crippen molar-refractivity contribution in [2.45, 2.75) is 6.92 Å². The van der Waals surface area contributed by atoms with E-state index in [0.717, 1.165) is 0 Å². The molecule has 0 saturated heterocycles. The largest absolute Gasteiger partial charge is 0.545 e. The fraction of sp³-hybridized carbons (Fsp3) is 0.0714. The molecule has 92 valence electrons. The van der Waals surface area contributed by atoms with E-state index in [1.165, 1.54) is 18.2 Å². The van der Waals surface area contributed by atoms with Gasteiger partial charge in [-0.1, -0.05) is 12.1 Å². The van der Waals surface area contributed by atoms with Gasteiger partial charge < -0.3 is 15.6 Å². The summed E-state index contributed by atoms with van der Waals surface area (Å²) in [4.78, 5) is 10.8. The van der Waals surface area contributed by atoms with Crippen LogP contribution in [0.3, 0.4) is 0 Å². The molecule has 2 rings (SSSR count). The van der Waals surface area contributed by atoms with Crippen molar-refractivity contribution in [2.75, 3.05) is 5.73 Å². The monoisotopic (exact) mass is 244 g/mol. The topological polar surface area (TPSA) is 66.2 Å². The molecular formula is C14H11FNO2-. The van der Waals surface area contributed by atoms with E-state index >= 15 is 0 Å². The highest BCUT2D eigenvalue weighted by molar-refractivity contribution is 5.89. The number of halogens is 1. The molecule has 0 radical (unpaired) electrons. The number of hydrogen-bond donors (Lipinski definition) is 1. The van der Waals surface area contributed by atoms with Crippen LogP contribution in [0.25, 0.3) is 11.1 Å². The summed E-state index contributed by atoms with van der Waals surface area (Å²) < 4.78 is 13.5. The summed E-state index contributed by atoms with van der Waals surface area (Å²) in [5.74, 6) is -1.65. The number of nitrogen functional groups attached to an aromatic ring is 1. The van der Waals surface area contributed by atoms with Crippen molar-refractivity contribution >= 4 is 11.7 Å². The lowest BCUT2D eigenvalue weighted by Crippen LogP contribution is -2.22. The van der Waals surface area contributed by atoms with Gasteiger partial charge in [-0.25, -0.2) is 4.39 Å². The molecule has 4 heteroatoms. The Bertz CT molecular complexity index is 623. The number of carboxylic acids is 1. The van der Waals surface area contributed by atoms with E-state index < -0.39 is 5.97 Å². The molecule has 2 N–H and O–H groups in total. The molecule has 3 nitrogen and oxygen atoms in total. The minimum atomic E-state index is -1.31. The average molecular weight is 244 g/mol. The van der Waals surface area contributed by atoms with Gasteiger partial charge in [0.2, 0.25) is 0 Å². The van der Waals surface area contributed by atoms with Gasteiger partial charge in [-0.05, 0) is 53.4 Å². The number of anilines is 1. The van der Waals surface area contributed by atoms with E-state index in [9.17, 15) is 14.3 Å². The van der Waals surface area contributed by atoms with Gasteiger partial charge in [-0.2, -0.15) is 0 Å². The summed E-state index contributed by atoms with van der Waals surface area (Å²) in [7, 11) is 0. The van der Waals surface area contributed by atoms with Crippen LogP contribution in [0.5, 0.6) is 0 Å². The molecule has 0 aliphatic heterocycles. The third-order valence-electron chi connectivity index (χ3n) is 2.77. The standard InChI is InChI=1S/C14H12FNO2/c1-8-12(3-2-4-13(8)15)9-5-10(14(17)18)7-11(16)6-9/h2-7H,16H2,1H3,(H,17,18)/p-1. The molecule has 0 fully saturated rings. The predicted molar refractivity (Wildman–Crippen MR) is 65.3 cm³/mol. The molecule has 2 aromatic carbocycles. The van der Waals surface area contributed by atoms with Crippen molar-refractivity contribution in [3.63, 3.8) is 0 Å². The number of carboxylic acid groups (broad SMARTS) is 1. The van der Waals surface area contributed by atoms with Gasteiger partial charge in [0.25, 0.3) is 0 Å². The normalized spacial score (nSPS) is 10.3. The van der Waals surface area contributed by atoms with Gasteiger partial charge in [-0.3, -0.25) is 0 Å². The maximum atomic E-state index is 13.5. The van der Waals surface area contributed by atoms with Crippen molar-refractivity contribution < 1.29 is 14.3 Å². The van der Waals surface area contributed by atoms with Gasteiger partial charge in [0, 0.05) is 5.69 Å². The van der Waals surface area contributed by atoms with Crippen LogP contribution in [0.4, 0.5) is 10.1 Å². The fourth-order valence-corrected chi connectivity index (χ4v) is 1.85. The molecule has 0 aliphatic carbocycles. The molecule has 0 bridgehead atoms. The van der Waals surface area contributed by atoms with Crippen LogP contribution in [0.2, 0.25) is 0 Å². The van der Waals surface area contributed by atoms with Crippen LogP contribution in [0.1, 0.15) is 15.9 Å². The first-order valence-corrected chi connectivity index (χ1v) is 5.36. The fourth-order valence-electron chi connectivity index (χ4n) is 1.85. The number of carbonyl (C=O) groups is 1. The number of aromatic carboxylic acids is 1. The van der Waals surface area contributed by atoms with Gasteiger partial charge in [0.1, 0.15) is 5.82 Å². The van der Waals surface area contributed by atoms with Gasteiger partial charge in [-0.15, -0.1) is 0 Å². The van der Waals surface area contributed by atoms with Crippen molar-refractivity contribution in [3.8, 4) is 11.1 Å². The van der Waals surface area contributed by atoms with Crippen LogP contribution in [-0.4, -0.2) is 5.97 Å². The number of benzene rings is 2. The number of carbonyl (C=O) groups excluding carboxylic acids is 1. The SMILES string of the molecule is Cc1c(F)cccc1-c1cc(N)cc(C(=O)[O-])c1. The minimum Gasteiger partial charge on any atom is -0.545 e. The van der Waals surface area contributed by atoms with Crippen LogP contribution >= 0.6 is 0 Å². The minimum absolute atomic E-state index is 0.0198. The Labute approximate surface area is 104 Å². The third kappa shape index (κ3) is 2.18. The summed E-state index contributed by atoms with van der Waals surface area (Å²) in [5, 5.41) is 10.8. The number of hydrogen-bond acceptors (Lipinski definition) is 3. The molecule has 0 spiro atoms. The smallest absolute Gasteiger partial charge is 0.126 e. The number of rotatable bonds is 2. The second-order valence-electron chi connectivity index (χ2n) is 4.04. The molecular weight excluding hydrogens is 233 g/mol. The summed E-state index contributed by atoms with van der Waals surface area (Å²) >= 11 is 0. The Morgan fingerprint density at radius 1 is 1.28 bits per heavy atom. The average Bonchev–Trinajstić information content (AvgIpc) is 2.31. The van der Waals surface area contributed by atoms with E-state index in [-0.39, 0.29) is 11.4 Å². The maximum absolute atomic E-state index is 13.5. The van der Waals surface area contributed by atoms with Crippen LogP contribution in [0.15, 0.2) is 36.4 Å². The molecule has 0 aromatic heterocycles. The highest BCUT2D eigenvalue weighted by atomic mass is 19.1. The Morgan fingerprint density at radius 2 is 2.00 bits per heavy atom. The Balaban J connectivity index is 2.64. The lowest BCUT2D eigenvalue weighted by atomic mass is 9.98. The zero-order chi connectivity index (χ0) is 13.3. The maximum Gasteiger partial charge on any atom is 0.126 e. The summed E-state index contributed by atoms with van der Waals surface area (Å²) in [6.07, 6.45) is 0. The van der Waals surface area contributed by atoms with E-state index in [0.29, 0.717) is 22.4 Å². The summed E-state index contributed by atoms with van der Waals surface area (Å²) in [5.41, 5.74) is 7.55. The third-order valence-corrected chi connectivity index (χ3v) is 2.77. The van der Waals surface area contributed by atoms with E-state index in [4.69, 9.17) is 5.73 Å². The first kappa shape index (κ1) is 12.1. The predicted octanol–water partition coefficient (Wildman–Crippen LogP) is 1.75. The first-order chi connectivity index (χ1) is 8.49. The van der Waals surface area contributed by atoms with Crippen molar-refractivity contribution in [1.29, 1.82) is 0 Å². The Hall–Kier alpha value is -2.36. The quantitative estimate of drug-likeness (QED) is 0.818. The number of nitrogens with two attached hydrogens (primary N) is 1. The van der Waals surface area contributed by atoms with E-state index in [1.54, 1.807) is 25.1 Å². The lowest BCUT2D eigenvalue weighted by molar-refractivity contribution is -0.255. The highest BCUT2D eigenvalue weighted by Gasteiger charge is 2.08. The zero-order valence-electron chi connectivity index (χ0n) is 9.74. The molecule has 18 heavy (non-hydrogen) atoms. The molecule has 2 aromatic rings. The summed E-state index contributed by atoms with van der Waals surface area (Å²) in [6, 6.07) is 8.98. The lowest BCUT2D eigenvalue weighted by Gasteiger charge is -2.11. The molecule has 0 atom stereocenters. The van der Waals surface area contributed by atoms with Gasteiger partial charge >= 0.3 is 0 Å². The van der Waals surface area contributed by atoms with Gasteiger partial charge in [0.15, 0.2) is 0 Å². The molecule has 0 amide bonds. The van der Waals surface area contributed by atoms with Crippen molar-refractivity contribution in [1.82, 2.24) is 0 Å². The summed E-state index contributed by atoms with van der Waals surface area (Å²) in [6.45, 7) is 1.63. The van der Waals surface area contributed by atoms with Crippen LogP contribution < -0.4 is 10.8 Å². The Kier molecular flexibility index (Phi) is 3.02. The van der Waals surface area contributed by atoms with E-state index in [1.807, 2.05) is 0 Å². The Morgan fingerprint density at radius 3 is 2.67 bits per heavy atom. The van der Waals surface area contributed by atoms with Crippen LogP contribution in [-0.2, 0) is 0 Å². The van der Waals surface area contributed by atoms with Crippen molar-refractivity contribution in [3.05, 3.63) is 53.3 Å². The molecule has 0 saturated carbocycles. The van der Waals surface area contributed by atoms with Crippen LogP contribution in [0, 0.1) is 12.7 Å². The zero-order valence-corrected chi connectivity index (χ0v) is 9.74. The molecule has 0 heterocycles. The highest BCUT2D eigenvalue weighted by Crippen LogP contribution is 2.27. The second-order valence-corrected chi connectivity index (χ2v) is 4.04.